The van der Waals surface area contributed by atoms with E-state index in [4.69, 9.17) is 9.84 Å². The van der Waals surface area contributed by atoms with Gasteiger partial charge in [-0.2, -0.15) is 10.2 Å². The molecule has 2 aromatic heterocycles. The molecule has 1 fully saturated rings. The SMILES string of the molecule is COCC[C@@H]1C[C@@H](NC(=O)Nc2c(C)c(-c3cnn(C)c3)nn2-c2ccccc2)[C@H](c2ccccc2)[C@H]1C(F)F. The van der Waals surface area contributed by atoms with Crippen molar-refractivity contribution >= 4 is 11.8 Å². The smallest absolute Gasteiger partial charge is 0.320 e. The monoisotopic (exact) mass is 548 g/mol. The molecule has 1 aliphatic rings. The van der Waals surface area contributed by atoms with E-state index in [-0.39, 0.29) is 5.92 Å². The fourth-order valence-corrected chi connectivity index (χ4v) is 5.94. The summed E-state index contributed by atoms with van der Waals surface area (Å²) in [5.74, 6) is -1.21. The van der Waals surface area contributed by atoms with Crippen LogP contribution in [0.1, 0.15) is 29.9 Å². The van der Waals surface area contributed by atoms with Crippen molar-refractivity contribution in [3.05, 3.63) is 84.2 Å². The first-order chi connectivity index (χ1) is 19.4. The molecular weight excluding hydrogens is 514 g/mol. The van der Waals surface area contributed by atoms with Gasteiger partial charge in [-0.1, -0.05) is 48.5 Å². The zero-order valence-electron chi connectivity index (χ0n) is 22.8. The van der Waals surface area contributed by atoms with E-state index in [0.717, 1.165) is 22.4 Å². The molecule has 5 rings (SSSR count). The number of ether oxygens (including phenoxy) is 1. The predicted molar refractivity (Wildman–Crippen MR) is 150 cm³/mol. The lowest BCUT2D eigenvalue weighted by molar-refractivity contribution is 0.0373. The Morgan fingerprint density at radius 1 is 1.12 bits per heavy atom. The Kier molecular flexibility index (Phi) is 8.25. The molecule has 2 amide bonds. The number of amides is 2. The minimum Gasteiger partial charge on any atom is -0.385 e. The zero-order chi connectivity index (χ0) is 28.2. The fraction of sp³-hybridized carbons (Fsp3) is 0.367. The van der Waals surface area contributed by atoms with Crippen molar-refractivity contribution in [2.75, 3.05) is 19.0 Å². The number of halogens is 2. The van der Waals surface area contributed by atoms with Crippen molar-refractivity contribution in [1.29, 1.82) is 0 Å². The maximum Gasteiger partial charge on any atom is 0.320 e. The Bertz CT molecular complexity index is 1420. The lowest BCUT2D eigenvalue weighted by Crippen LogP contribution is -2.41. The van der Waals surface area contributed by atoms with E-state index in [2.05, 4.69) is 15.7 Å². The molecule has 2 aromatic carbocycles. The third-order valence-electron chi connectivity index (χ3n) is 7.77. The third-order valence-corrected chi connectivity index (χ3v) is 7.77. The van der Waals surface area contributed by atoms with E-state index in [0.29, 0.717) is 31.0 Å². The van der Waals surface area contributed by atoms with Crippen LogP contribution in [0.5, 0.6) is 0 Å². The van der Waals surface area contributed by atoms with Crippen LogP contribution in [0, 0.1) is 18.8 Å². The maximum atomic E-state index is 14.5. The van der Waals surface area contributed by atoms with Gasteiger partial charge in [0.05, 0.1) is 11.9 Å². The summed E-state index contributed by atoms with van der Waals surface area (Å²) < 4.78 is 37.6. The second kappa shape index (κ2) is 12.0. The first kappa shape index (κ1) is 27.5. The molecule has 4 atom stereocenters. The van der Waals surface area contributed by atoms with Gasteiger partial charge < -0.3 is 10.1 Å². The highest BCUT2D eigenvalue weighted by atomic mass is 19.3. The summed E-state index contributed by atoms with van der Waals surface area (Å²) >= 11 is 0. The molecule has 210 valence electrons. The number of anilines is 1. The summed E-state index contributed by atoms with van der Waals surface area (Å²) in [6.07, 6.45) is 2.00. The number of hydrogen-bond donors (Lipinski definition) is 2. The second-order valence-corrected chi connectivity index (χ2v) is 10.3. The Balaban J connectivity index is 1.45. The van der Waals surface area contributed by atoms with Crippen LogP contribution in [0.25, 0.3) is 16.9 Å². The number of methoxy groups -OCH3 is 1. The van der Waals surface area contributed by atoms with Crippen molar-refractivity contribution < 1.29 is 18.3 Å². The second-order valence-electron chi connectivity index (χ2n) is 10.3. The number of carbonyl (C=O) groups excluding carboxylic acids is 1. The minimum atomic E-state index is -2.52. The van der Waals surface area contributed by atoms with Crippen molar-refractivity contribution in [1.82, 2.24) is 24.9 Å². The first-order valence-corrected chi connectivity index (χ1v) is 13.4. The zero-order valence-corrected chi connectivity index (χ0v) is 22.8. The van der Waals surface area contributed by atoms with Crippen molar-refractivity contribution in [3.63, 3.8) is 0 Å². The van der Waals surface area contributed by atoms with Gasteiger partial charge in [0.1, 0.15) is 11.5 Å². The average molecular weight is 549 g/mol. The van der Waals surface area contributed by atoms with Gasteiger partial charge in [0.25, 0.3) is 0 Å². The molecule has 0 aliphatic heterocycles. The Hall–Kier alpha value is -4.05. The van der Waals surface area contributed by atoms with E-state index in [1.165, 1.54) is 0 Å². The number of alkyl halides is 2. The van der Waals surface area contributed by atoms with Crippen LogP contribution >= 0.6 is 0 Å². The quantitative estimate of drug-likeness (QED) is 0.277. The minimum absolute atomic E-state index is 0.288. The average Bonchev–Trinajstić information content (AvgIpc) is 3.64. The molecule has 2 heterocycles. The number of aryl methyl sites for hydroxylation is 1. The van der Waals surface area contributed by atoms with Crippen molar-refractivity contribution in [3.8, 4) is 16.9 Å². The molecule has 0 saturated heterocycles. The topological polar surface area (TPSA) is 86.0 Å². The largest absolute Gasteiger partial charge is 0.385 e. The van der Waals surface area contributed by atoms with Gasteiger partial charge in [0.15, 0.2) is 0 Å². The summed E-state index contributed by atoms with van der Waals surface area (Å²) in [4.78, 5) is 13.5. The van der Waals surface area contributed by atoms with Crippen LogP contribution in [0.2, 0.25) is 0 Å². The molecule has 40 heavy (non-hydrogen) atoms. The Morgan fingerprint density at radius 3 is 2.45 bits per heavy atom. The number of benzene rings is 2. The number of nitrogens with zero attached hydrogens (tertiary/aromatic N) is 4. The van der Waals surface area contributed by atoms with Gasteiger partial charge in [0.2, 0.25) is 6.43 Å². The van der Waals surface area contributed by atoms with Crippen LogP contribution in [0.4, 0.5) is 19.4 Å². The van der Waals surface area contributed by atoms with Crippen molar-refractivity contribution in [2.24, 2.45) is 18.9 Å². The molecule has 4 aromatic rings. The van der Waals surface area contributed by atoms with Gasteiger partial charge in [0, 0.05) is 56.0 Å². The molecule has 0 bridgehead atoms. The highest BCUT2D eigenvalue weighted by Crippen LogP contribution is 2.48. The molecule has 10 heteroatoms. The van der Waals surface area contributed by atoms with Gasteiger partial charge in [-0.15, -0.1) is 0 Å². The van der Waals surface area contributed by atoms with Crippen LogP contribution in [-0.4, -0.2) is 51.8 Å². The summed E-state index contributed by atoms with van der Waals surface area (Å²) in [5.41, 5.74) is 3.84. The lowest BCUT2D eigenvalue weighted by Gasteiger charge is -2.27. The molecule has 1 aliphatic carbocycles. The normalized spacial score (nSPS) is 20.6. The molecule has 1 saturated carbocycles. The predicted octanol–water partition coefficient (Wildman–Crippen LogP) is 5.79. The summed E-state index contributed by atoms with van der Waals surface area (Å²) in [6.45, 7) is 2.28. The van der Waals surface area contributed by atoms with E-state index < -0.39 is 30.3 Å². The van der Waals surface area contributed by atoms with Gasteiger partial charge in [-0.05, 0) is 43.4 Å². The fourth-order valence-electron chi connectivity index (χ4n) is 5.94. The summed E-state index contributed by atoms with van der Waals surface area (Å²) in [6, 6.07) is 17.8. The number of carbonyl (C=O) groups is 1. The molecular formula is C30H34F2N6O2. The van der Waals surface area contributed by atoms with Gasteiger partial charge >= 0.3 is 6.03 Å². The van der Waals surface area contributed by atoms with Crippen LogP contribution in [0.15, 0.2) is 73.1 Å². The number of rotatable bonds is 9. The molecule has 0 spiro atoms. The van der Waals surface area contributed by atoms with Gasteiger partial charge in [-0.3, -0.25) is 10.00 Å². The van der Waals surface area contributed by atoms with Gasteiger partial charge in [-0.25, -0.2) is 18.3 Å². The van der Waals surface area contributed by atoms with Crippen molar-refractivity contribution in [2.45, 2.75) is 38.2 Å². The first-order valence-electron chi connectivity index (χ1n) is 13.4. The maximum absolute atomic E-state index is 14.5. The van der Waals surface area contributed by atoms with Crippen LogP contribution < -0.4 is 10.6 Å². The van der Waals surface area contributed by atoms with Crippen LogP contribution in [-0.2, 0) is 11.8 Å². The molecule has 0 radical (unpaired) electrons. The highest BCUT2D eigenvalue weighted by Gasteiger charge is 2.48. The third kappa shape index (κ3) is 5.62. The standard InChI is InChI=1S/C30H34F2N6O2/c1-19-27(22-17-33-37(2)18-22)36-38(23-12-8-5-9-13-23)29(19)35-30(39)34-24-16-21(14-15-40-3)26(28(31)32)25(24)20-10-6-4-7-11-20/h4-13,17-18,21,24-26,28H,14-16H2,1-3H3,(H2,34,35,39)/t21-,24-,25+,26+/m1/s1. The lowest BCUT2D eigenvalue weighted by atomic mass is 9.83. The number of aromatic nitrogens is 4. The Morgan fingerprint density at radius 2 is 1.82 bits per heavy atom. The van der Waals surface area contributed by atoms with E-state index in [9.17, 15) is 13.6 Å². The van der Waals surface area contributed by atoms with E-state index >= 15 is 0 Å². The van der Waals surface area contributed by atoms with E-state index in [1.807, 2.05) is 80.8 Å². The molecule has 2 N–H and O–H groups in total. The summed E-state index contributed by atoms with van der Waals surface area (Å²) in [5, 5.41) is 15.1. The number of nitrogens with one attached hydrogen (secondary N) is 2. The van der Waals surface area contributed by atoms with E-state index in [1.54, 1.807) is 22.7 Å². The summed E-state index contributed by atoms with van der Waals surface area (Å²) in [7, 11) is 3.40. The molecule has 8 nitrogen and oxygen atoms in total. The number of hydrogen-bond acceptors (Lipinski definition) is 4. The molecule has 0 unspecified atom stereocenters. The Labute approximate surface area is 232 Å². The van der Waals surface area contributed by atoms with Crippen LogP contribution in [0.3, 0.4) is 0 Å². The number of para-hydroxylation sites is 1. The highest BCUT2D eigenvalue weighted by molar-refractivity contribution is 5.91. The number of urea groups is 1.